The average Bonchev–Trinajstić information content (AvgIpc) is 3.34. The van der Waals surface area contributed by atoms with Gasteiger partial charge in [-0.1, -0.05) is 0 Å². The number of hydrogen-bond acceptors (Lipinski definition) is 7. The van der Waals surface area contributed by atoms with Crippen LogP contribution in [0.1, 0.15) is 25.5 Å². The number of aromatic nitrogens is 2. The number of nitrogens with one attached hydrogen (secondary N) is 3. The standard InChI is InChI=1S/C17H26N6O6/c1-9(24)14(17(28)29)22-13(25)7-20-15(26)12-3-2-4-23(12)16(27)11(18)5-10-6-19-8-21-10/h6,8-9,11-12,14,24H,2-5,7,18H2,1H3,(H,19,21)(H,20,26)(H,22,25)(H,28,29). The van der Waals surface area contributed by atoms with Gasteiger partial charge in [0.1, 0.15) is 6.04 Å². The second kappa shape index (κ2) is 9.98. The zero-order valence-corrected chi connectivity index (χ0v) is 16.0. The number of imidazole rings is 1. The topological polar surface area (TPSA) is 191 Å². The Morgan fingerprint density at radius 2 is 2.14 bits per heavy atom. The number of aliphatic carboxylic acids is 1. The maximum Gasteiger partial charge on any atom is 0.328 e. The molecule has 160 valence electrons. The number of rotatable bonds is 9. The Morgan fingerprint density at radius 1 is 1.41 bits per heavy atom. The van der Waals surface area contributed by atoms with Crippen LogP contribution in [0.4, 0.5) is 0 Å². The lowest BCUT2D eigenvalue weighted by atomic mass is 10.1. The van der Waals surface area contributed by atoms with Gasteiger partial charge in [0.2, 0.25) is 17.7 Å². The van der Waals surface area contributed by atoms with Crippen LogP contribution in [-0.2, 0) is 25.6 Å². The van der Waals surface area contributed by atoms with E-state index in [4.69, 9.17) is 10.8 Å². The van der Waals surface area contributed by atoms with Gasteiger partial charge in [-0.05, 0) is 19.8 Å². The smallest absolute Gasteiger partial charge is 0.328 e. The molecular weight excluding hydrogens is 384 g/mol. The predicted octanol–water partition coefficient (Wildman–Crippen LogP) is -2.66. The molecular formula is C17H26N6O6. The molecule has 29 heavy (non-hydrogen) atoms. The second-order valence-electron chi connectivity index (χ2n) is 6.92. The maximum atomic E-state index is 12.6. The number of aliphatic hydroxyl groups is 1. The highest BCUT2D eigenvalue weighted by Crippen LogP contribution is 2.19. The molecule has 0 radical (unpaired) electrons. The van der Waals surface area contributed by atoms with Gasteiger partial charge >= 0.3 is 5.97 Å². The summed E-state index contributed by atoms with van der Waals surface area (Å²) in [4.78, 5) is 56.1. The number of carbonyl (C=O) groups excluding carboxylic acids is 3. The van der Waals surface area contributed by atoms with Crippen molar-refractivity contribution in [3.8, 4) is 0 Å². The van der Waals surface area contributed by atoms with Crippen LogP contribution >= 0.6 is 0 Å². The Bertz CT molecular complexity index is 737. The number of nitrogens with two attached hydrogens (primary N) is 1. The molecule has 0 bridgehead atoms. The molecule has 1 aromatic heterocycles. The van der Waals surface area contributed by atoms with E-state index in [0.29, 0.717) is 25.1 Å². The Labute approximate surface area is 166 Å². The number of likely N-dealkylation sites (tertiary alicyclic amines) is 1. The summed E-state index contributed by atoms with van der Waals surface area (Å²) >= 11 is 0. The molecule has 0 aromatic carbocycles. The van der Waals surface area contributed by atoms with Crippen molar-refractivity contribution in [2.75, 3.05) is 13.1 Å². The Morgan fingerprint density at radius 3 is 2.72 bits per heavy atom. The molecule has 0 spiro atoms. The summed E-state index contributed by atoms with van der Waals surface area (Å²) in [6, 6.07) is -3.07. The van der Waals surface area contributed by atoms with Crippen LogP contribution in [0.25, 0.3) is 0 Å². The van der Waals surface area contributed by atoms with Gasteiger partial charge in [-0.3, -0.25) is 14.4 Å². The molecule has 1 aromatic rings. The minimum atomic E-state index is -1.48. The van der Waals surface area contributed by atoms with Crippen LogP contribution < -0.4 is 16.4 Å². The van der Waals surface area contributed by atoms with Gasteiger partial charge in [-0.25, -0.2) is 9.78 Å². The van der Waals surface area contributed by atoms with E-state index in [-0.39, 0.29) is 12.3 Å². The zero-order chi connectivity index (χ0) is 21.6. The number of aliphatic hydroxyl groups excluding tert-OH is 1. The minimum Gasteiger partial charge on any atom is -0.480 e. The van der Waals surface area contributed by atoms with Gasteiger partial charge in [-0.15, -0.1) is 0 Å². The van der Waals surface area contributed by atoms with Crippen molar-refractivity contribution < 1.29 is 29.4 Å². The van der Waals surface area contributed by atoms with E-state index in [0.717, 1.165) is 0 Å². The highest BCUT2D eigenvalue weighted by atomic mass is 16.4. The monoisotopic (exact) mass is 410 g/mol. The third kappa shape index (κ3) is 5.99. The molecule has 1 saturated heterocycles. The summed E-state index contributed by atoms with van der Waals surface area (Å²) in [7, 11) is 0. The third-order valence-corrected chi connectivity index (χ3v) is 4.64. The first kappa shape index (κ1) is 22.3. The zero-order valence-electron chi connectivity index (χ0n) is 16.0. The van der Waals surface area contributed by atoms with Crippen molar-refractivity contribution in [1.29, 1.82) is 0 Å². The fourth-order valence-electron chi connectivity index (χ4n) is 3.13. The van der Waals surface area contributed by atoms with Gasteiger partial charge in [0, 0.05) is 24.9 Å². The van der Waals surface area contributed by atoms with E-state index in [1.54, 1.807) is 6.20 Å². The quantitative estimate of drug-likeness (QED) is 0.254. The molecule has 1 aliphatic rings. The molecule has 7 N–H and O–H groups in total. The normalized spacial score (nSPS) is 19.3. The molecule has 0 saturated carbocycles. The molecule has 3 amide bonds. The largest absolute Gasteiger partial charge is 0.480 e. The molecule has 2 heterocycles. The number of nitrogens with zero attached hydrogens (tertiary/aromatic N) is 2. The molecule has 12 nitrogen and oxygen atoms in total. The third-order valence-electron chi connectivity index (χ3n) is 4.64. The Kier molecular flexibility index (Phi) is 7.67. The van der Waals surface area contributed by atoms with Gasteiger partial charge in [0.05, 0.1) is 25.0 Å². The van der Waals surface area contributed by atoms with Crippen molar-refractivity contribution in [1.82, 2.24) is 25.5 Å². The van der Waals surface area contributed by atoms with Crippen molar-refractivity contribution in [3.05, 3.63) is 18.2 Å². The van der Waals surface area contributed by atoms with E-state index >= 15 is 0 Å². The first-order valence-electron chi connectivity index (χ1n) is 9.22. The lowest BCUT2D eigenvalue weighted by Gasteiger charge is -2.26. The highest BCUT2D eigenvalue weighted by Gasteiger charge is 2.36. The average molecular weight is 410 g/mol. The van der Waals surface area contributed by atoms with E-state index in [2.05, 4.69) is 20.6 Å². The number of carboxylic acids is 1. The molecule has 2 rings (SSSR count). The summed E-state index contributed by atoms with van der Waals surface area (Å²) < 4.78 is 0. The summed E-state index contributed by atoms with van der Waals surface area (Å²) in [6.45, 7) is 1.13. The van der Waals surface area contributed by atoms with Gasteiger partial charge < -0.3 is 36.5 Å². The van der Waals surface area contributed by atoms with Crippen LogP contribution in [0.15, 0.2) is 12.5 Å². The van der Waals surface area contributed by atoms with Crippen molar-refractivity contribution in [3.63, 3.8) is 0 Å². The molecule has 4 atom stereocenters. The number of aromatic amines is 1. The van der Waals surface area contributed by atoms with Gasteiger partial charge in [0.25, 0.3) is 0 Å². The highest BCUT2D eigenvalue weighted by molar-refractivity contribution is 5.93. The maximum absolute atomic E-state index is 12.6. The summed E-state index contributed by atoms with van der Waals surface area (Å²) in [5.41, 5.74) is 6.67. The summed E-state index contributed by atoms with van der Waals surface area (Å²) in [6.07, 6.45) is 3.05. The summed E-state index contributed by atoms with van der Waals surface area (Å²) in [5.74, 6) is -3.05. The second-order valence-corrected chi connectivity index (χ2v) is 6.92. The Balaban J connectivity index is 1.88. The van der Waals surface area contributed by atoms with Crippen LogP contribution in [-0.4, -0.2) is 86.1 Å². The first-order chi connectivity index (χ1) is 13.7. The molecule has 12 heteroatoms. The van der Waals surface area contributed by atoms with Gasteiger partial charge in [-0.2, -0.15) is 0 Å². The van der Waals surface area contributed by atoms with E-state index in [1.165, 1.54) is 18.2 Å². The van der Waals surface area contributed by atoms with Crippen molar-refractivity contribution in [2.45, 2.75) is 50.4 Å². The number of H-pyrrole nitrogens is 1. The first-order valence-corrected chi connectivity index (χ1v) is 9.22. The van der Waals surface area contributed by atoms with Crippen LogP contribution in [0.5, 0.6) is 0 Å². The number of amides is 3. The Hall–Kier alpha value is -2.99. The van der Waals surface area contributed by atoms with Gasteiger partial charge in [0.15, 0.2) is 6.04 Å². The lowest BCUT2D eigenvalue weighted by molar-refractivity contribution is -0.144. The van der Waals surface area contributed by atoms with E-state index in [9.17, 15) is 24.3 Å². The van der Waals surface area contributed by atoms with Crippen LogP contribution in [0.3, 0.4) is 0 Å². The SMILES string of the molecule is CC(O)C(NC(=O)CNC(=O)C1CCCN1C(=O)C(N)Cc1cnc[nH]1)C(=O)O. The molecule has 1 aliphatic heterocycles. The fraction of sp³-hybridized carbons (Fsp3) is 0.588. The predicted molar refractivity (Wildman–Crippen MR) is 99.3 cm³/mol. The van der Waals surface area contributed by atoms with E-state index < -0.39 is 48.6 Å². The van der Waals surface area contributed by atoms with Crippen LogP contribution in [0, 0.1) is 0 Å². The van der Waals surface area contributed by atoms with Crippen molar-refractivity contribution in [2.24, 2.45) is 5.73 Å². The van der Waals surface area contributed by atoms with E-state index in [1.807, 2.05) is 0 Å². The number of carbonyl (C=O) groups is 4. The minimum absolute atomic E-state index is 0.252. The molecule has 1 fully saturated rings. The number of carboxylic acid groups (broad SMARTS) is 1. The molecule has 4 unspecified atom stereocenters. The summed E-state index contributed by atoms with van der Waals surface area (Å²) in [5, 5.41) is 22.9. The fourth-order valence-corrected chi connectivity index (χ4v) is 3.13. The number of hydrogen-bond donors (Lipinski definition) is 6. The van der Waals surface area contributed by atoms with Crippen LogP contribution in [0.2, 0.25) is 0 Å². The van der Waals surface area contributed by atoms with Crippen molar-refractivity contribution >= 4 is 23.7 Å². The lowest BCUT2D eigenvalue weighted by Crippen LogP contribution is -2.54. The molecule has 0 aliphatic carbocycles.